The molecule has 1 aromatic rings. The number of likely N-dealkylation sites (N-methyl/N-ethyl adjacent to an activating group) is 1. The molecule has 0 aliphatic rings. The van der Waals surface area contributed by atoms with Gasteiger partial charge in [0.2, 0.25) is 0 Å². The minimum Gasteiger partial charge on any atom is -0.356 e. The van der Waals surface area contributed by atoms with Crippen LogP contribution in [0.25, 0.3) is 0 Å². The monoisotopic (exact) mass is 293 g/mol. The predicted molar refractivity (Wildman–Crippen MR) is 59.8 cm³/mol. The third kappa shape index (κ3) is 3.35. The summed E-state index contributed by atoms with van der Waals surface area (Å²) in [5.74, 6) is -0.0573. The minimum atomic E-state index is -0.0573. The summed E-state index contributed by atoms with van der Waals surface area (Å²) in [5, 5.41) is 5.73. The molecule has 0 saturated heterocycles. The van der Waals surface area contributed by atoms with Crippen LogP contribution in [-0.2, 0) is 0 Å². The van der Waals surface area contributed by atoms with Gasteiger partial charge in [-0.25, -0.2) is 0 Å². The quantitative estimate of drug-likeness (QED) is 0.561. The maximum absolute atomic E-state index is 11.4. The van der Waals surface area contributed by atoms with Gasteiger partial charge in [-0.05, 0) is 35.7 Å². The van der Waals surface area contributed by atoms with E-state index in [4.69, 9.17) is 0 Å². The van der Waals surface area contributed by atoms with E-state index in [0.717, 1.165) is 10.1 Å². The molecule has 0 unspecified atom stereocenters. The third-order valence-electron chi connectivity index (χ3n) is 1.55. The molecule has 0 fully saturated rings. The molecule has 1 rings (SSSR count). The number of carbonyl (C=O) groups is 1. The molecule has 1 aromatic heterocycles. The fraction of sp³-hybridized carbons (Fsp3) is 0.375. The van der Waals surface area contributed by atoms with Crippen LogP contribution in [0.15, 0.2) is 12.3 Å². The second-order valence-corrected chi connectivity index (χ2v) is 3.84. The predicted octanol–water partition coefficient (Wildman–Crippen LogP) is 0.569. The van der Waals surface area contributed by atoms with Crippen molar-refractivity contribution >= 4 is 28.5 Å². The fourth-order valence-electron chi connectivity index (χ4n) is 0.895. The zero-order valence-electron chi connectivity index (χ0n) is 7.36. The largest absolute Gasteiger partial charge is 0.356 e. The lowest BCUT2D eigenvalue weighted by atomic mass is 10.4. The lowest BCUT2D eigenvalue weighted by Gasteiger charge is -2.01. The lowest BCUT2D eigenvalue weighted by molar-refractivity contribution is 0.0950. The van der Waals surface area contributed by atoms with Gasteiger partial charge >= 0.3 is 0 Å². The second-order valence-electron chi connectivity index (χ2n) is 2.59. The van der Waals surface area contributed by atoms with Crippen LogP contribution in [0.4, 0.5) is 0 Å². The standard InChI is InChI=1S/C8H12IN3O/c1-10-2-3-11-8(13)7-4-6(9)5-12-7/h4-5,10,12H,2-3H2,1H3,(H,11,13). The Morgan fingerprint density at radius 3 is 2.92 bits per heavy atom. The summed E-state index contributed by atoms with van der Waals surface area (Å²) in [6.45, 7) is 1.43. The van der Waals surface area contributed by atoms with Crippen molar-refractivity contribution in [1.82, 2.24) is 15.6 Å². The molecule has 4 nitrogen and oxygen atoms in total. The molecular weight excluding hydrogens is 281 g/mol. The highest BCUT2D eigenvalue weighted by Crippen LogP contribution is 2.05. The van der Waals surface area contributed by atoms with Gasteiger partial charge in [-0.1, -0.05) is 0 Å². The molecule has 3 N–H and O–H groups in total. The van der Waals surface area contributed by atoms with E-state index in [9.17, 15) is 4.79 Å². The first-order valence-corrected chi connectivity index (χ1v) is 5.08. The van der Waals surface area contributed by atoms with Crippen LogP contribution < -0.4 is 10.6 Å². The third-order valence-corrected chi connectivity index (χ3v) is 2.18. The summed E-state index contributed by atoms with van der Waals surface area (Å²) in [4.78, 5) is 14.3. The van der Waals surface area contributed by atoms with Gasteiger partial charge in [-0.2, -0.15) is 0 Å². The topological polar surface area (TPSA) is 56.9 Å². The number of rotatable bonds is 4. The fourth-order valence-corrected chi connectivity index (χ4v) is 1.36. The van der Waals surface area contributed by atoms with Gasteiger partial charge in [0.15, 0.2) is 0 Å². The summed E-state index contributed by atoms with van der Waals surface area (Å²) in [6, 6.07) is 1.81. The SMILES string of the molecule is CNCCNC(=O)c1cc(I)c[nH]1. The van der Waals surface area contributed by atoms with Crippen LogP contribution in [0, 0.1) is 3.57 Å². The van der Waals surface area contributed by atoms with E-state index >= 15 is 0 Å². The van der Waals surface area contributed by atoms with Crippen molar-refractivity contribution in [2.75, 3.05) is 20.1 Å². The Morgan fingerprint density at radius 1 is 1.62 bits per heavy atom. The highest BCUT2D eigenvalue weighted by molar-refractivity contribution is 14.1. The number of aromatic nitrogens is 1. The van der Waals surface area contributed by atoms with Gasteiger partial charge in [0.1, 0.15) is 5.69 Å². The molecule has 0 bridgehead atoms. The van der Waals surface area contributed by atoms with Crippen molar-refractivity contribution in [2.24, 2.45) is 0 Å². The van der Waals surface area contributed by atoms with Gasteiger partial charge < -0.3 is 15.6 Å². The second kappa shape index (κ2) is 5.23. The number of halogens is 1. The van der Waals surface area contributed by atoms with E-state index in [1.807, 2.05) is 13.1 Å². The molecule has 5 heteroatoms. The molecule has 0 radical (unpaired) electrons. The van der Waals surface area contributed by atoms with E-state index in [2.05, 4.69) is 38.2 Å². The van der Waals surface area contributed by atoms with Crippen LogP contribution in [-0.4, -0.2) is 31.0 Å². The van der Waals surface area contributed by atoms with E-state index in [1.165, 1.54) is 0 Å². The Hall–Kier alpha value is -0.560. The van der Waals surface area contributed by atoms with Gasteiger partial charge in [-0.3, -0.25) is 4.79 Å². The highest BCUT2D eigenvalue weighted by atomic mass is 127. The lowest BCUT2D eigenvalue weighted by Crippen LogP contribution is -2.30. The number of nitrogens with one attached hydrogen (secondary N) is 3. The zero-order chi connectivity index (χ0) is 9.68. The molecular formula is C8H12IN3O. The normalized spacial score (nSPS) is 10.0. The number of amides is 1. The average Bonchev–Trinajstić information content (AvgIpc) is 2.52. The van der Waals surface area contributed by atoms with Crippen molar-refractivity contribution in [1.29, 1.82) is 0 Å². The van der Waals surface area contributed by atoms with E-state index in [1.54, 1.807) is 6.20 Å². The Labute approximate surface area is 90.6 Å². The van der Waals surface area contributed by atoms with Crippen molar-refractivity contribution in [3.05, 3.63) is 21.5 Å². The number of aromatic amines is 1. The van der Waals surface area contributed by atoms with Crippen LogP contribution in [0.2, 0.25) is 0 Å². The van der Waals surface area contributed by atoms with Crippen LogP contribution in [0.5, 0.6) is 0 Å². The Kier molecular flexibility index (Phi) is 4.23. The van der Waals surface area contributed by atoms with Gasteiger partial charge in [0, 0.05) is 22.9 Å². The summed E-state index contributed by atoms with van der Waals surface area (Å²) in [5.41, 5.74) is 0.612. The molecule has 0 spiro atoms. The molecule has 0 aromatic carbocycles. The first kappa shape index (κ1) is 10.5. The summed E-state index contributed by atoms with van der Waals surface area (Å²) < 4.78 is 1.04. The maximum Gasteiger partial charge on any atom is 0.267 e. The molecule has 0 aliphatic heterocycles. The highest BCUT2D eigenvalue weighted by Gasteiger charge is 2.05. The molecule has 1 heterocycles. The number of hydrogen-bond donors (Lipinski definition) is 3. The molecule has 72 valence electrons. The molecule has 0 saturated carbocycles. The molecule has 0 atom stereocenters. The summed E-state index contributed by atoms with van der Waals surface area (Å²) in [7, 11) is 1.85. The molecule has 1 amide bonds. The first-order chi connectivity index (χ1) is 6.24. The van der Waals surface area contributed by atoms with Crippen LogP contribution >= 0.6 is 22.6 Å². The van der Waals surface area contributed by atoms with Crippen molar-refractivity contribution in [3.63, 3.8) is 0 Å². The number of H-pyrrole nitrogens is 1. The van der Waals surface area contributed by atoms with Gasteiger partial charge in [-0.15, -0.1) is 0 Å². The summed E-state index contributed by atoms with van der Waals surface area (Å²) >= 11 is 2.16. The van der Waals surface area contributed by atoms with E-state index in [-0.39, 0.29) is 5.91 Å². The van der Waals surface area contributed by atoms with Crippen molar-refractivity contribution in [3.8, 4) is 0 Å². The Balaban J connectivity index is 2.40. The van der Waals surface area contributed by atoms with E-state index < -0.39 is 0 Å². The van der Waals surface area contributed by atoms with Crippen LogP contribution in [0.1, 0.15) is 10.5 Å². The van der Waals surface area contributed by atoms with Crippen LogP contribution in [0.3, 0.4) is 0 Å². The smallest absolute Gasteiger partial charge is 0.267 e. The summed E-state index contributed by atoms with van der Waals surface area (Å²) in [6.07, 6.45) is 1.80. The first-order valence-electron chi connectivity index (χ1n) is 4.00. The van der Waals surface area contributed by atoms with Crippen molar-refractivity contribution in [2.45, 2.75) is 0 Å². The average molecular weight is 293 g/mol. The number of hydrogen-bond acceptors (Lipinski definition) is 2. The number of carbonyl (C=O) groups excluding carboxylic acids is 1. The molecule has 13 heavy (non-hydrogen) atoms. The minimum absolute atomic E-state index is 0.0573. The molecule has 0 aliphatic carbocycles. The zero-order valence-corrected chi connectivity index (χ0v) is 9.51. The Morgan fingerprint density at radius 2 is 2.38 bits per heavy atom. The van der Waals surface area contributed by atoms with Gasteiger partial charge in [0.25, 0.3) is 5.91 Å². The van der Waals surface area contributed by atoms with Crippen molar-refractivity contribution < 1.29 is 4.79 Å². The van der Waals surface area contributed by atoms with E-state index in [0.29, 0.717) is 12.2 Å². The Bertz CT molecular complexity index is 285. The maximum atomic E-state index is 11.4. The van der Waals surface area contributed by atoms with Gasteiger partial charge in [0.05, 0.1) is 0 Å².